The van der Waals surface area contributed by atoms with Crippen LogP contribution in [0.15, 0.2) is 42.7 Å². The lowest BCUT2D eigenvalue weighted by atomic mass is 10.1. The zero-order valence-corrected chi connectivity index (χ0v) is 16.7. The number of nitrogens with two attached hydrogens (primary N) is 1. The average Bonchev–Trinajstić information content (AvgIpc) is 3.06. The van der Waals surface area contributed by atoms with Crippen molar-refractivity contribution in [2.45, 2.75) is 20.4 Å². The predicted molar refractivity (Wildman–Crippen MR) is 112 cm³/mol. The van der Waals surface area contributed by atoms with Gasteiger partial charge in [-0.2, -0.15) is 5.10 Å². The molecule has 1 aromatic carbocycles. The van der Waals surface area contributed by atoms with E-state index < -0.39 is 0 Å². The minimum Gasteiger partial charge on any atom is -0.397 e. The van der Waals surface area contributed by atoms with Gasteiger partial charge in [0.2, 0.25) is 0 Å². The summed E-state index contributed by atoms with van der Waals surface area (Å²) in [5.74, 6) is -0.629. The number of carbonyl (C=O) groups excluding carboxylic acids is 1. The number of hydrogen-bond donors (Lipinski definition) is 2. The maximum atomic E-state index is 13.3. The van der Waals surface area contributed by atoms with Crippen LogP contribution >= 0.6 is 11.3 Å². The first-order valence-electron chi connectivity index (χ1n) is 8.94. The van der Waals surface area contributed by atoms with Crippen LogP contribution in [0.3, 0.4) is 0 Å². The molecule has 3 aromatic heterocycles. The Kier molecular flexibility index (Phi) is 4.94. The summed E-state index contributed by atoms with van der Waals surface area (Å²) in [5, 5.41) is 11.9. The van der Waals surface area contributed by atoms with Crippen molar-refractivity contribution in [3.8, 4) is 11.1 Å². The molecule has 4 rings (SSSR count). The highest BCUT2D eigenvalue weighted by molar-refractivity contribution is 7.21. The number of nitrogens with zero attached hydrogens (tertiary/aromatic N) is 3. The zero-order chi connectivity index (χ0) is 20.5. The van der Waals surface area contributed by atoms with Gasteiger partial charge in [0.1, 0.15) is 15.5 Å². The van der Waals surface area contributed by atoms with Crippen molar-refractivity contribution in [3.63, 3.8) is 0 Å². The summed E-state index contributed by atoms with van der Waals surface area (Å²) >= 11 is 1.24. The molecule has 3 heterocycles. The van der Waals surface area contributed by atoms with Crippen molar-refractivity contribution < 1.29 is 9.18 Å². The van der Waals surface area contributed by atoms with Crippen LogP contribution in [0.25, 0.3) is 21.3 Å². The molecule has 0 aliphatic rings. The summed E-state index contributed by atoms with van der Waals surface area (Å²) in [4.78, 5) is 17.6. The summed E-state index contributed by atoms with van der Waals surface area (Å²) in [6.45, 7) is 4.13. The number of anilines is 1. The molecule has 0 aliphatic heterocycles. The number of fused-ring (bicyclic) bond motifs is 1. The molecular weight excluding hydrogens is 389 g/mol. The minimum absolute atomic E-state index is 0.249. The number of nitrogens with one attached hydrogen (secondary N) is 1. The van der Waals surface area contributed by atoms with Crippen LogP contribution in [0.1, 0.15) is 26.5 Å². The topological polar surface area (TPSA) is 93.8 Å². The predicted octanol–water partition coefficient (Wildman–Crippen LogP) is 4.02. The second kappa shape index (κ2) is 7.56. The molecular formula is C21H18FN5OS. The highest BCUT2D eigenvalue weighted by Crippen LogP contribution is 2.34. The Bertz CT molecular complexity index is 1220. The van der Waals surface area contributed by atoms with E-state index in [0.29, 0.717) is 27.5 Å². The molecule has 4 aromatic rings. The Morgan fingerprint density at radius 1 is 1.14 bits per heavy atom. The molecule has 0 unspecified atom stereocenters. The summed E-state index contributed by atoms with van der Waals surface area (Å²) in [7, 11) is 0. The van der Waals surface area contributed by atoms with Crippen molar-refractivity contribution in [2.24, 2.45) is 0 Å². The van der Waals surface area contributed by atoms with Gasteiger partial charge in [-0.1, -0.05) is 24.3 Å². The molecule has 0 bridgehead atoms. The van der Waals surface area contributed by atoms with E-state index in [1.165, 1.54) is 23.6 Å². The number of aromatic nitrogens is 3. The molecule has 0 saturated heterocycles. The van der Waals surface area contributed by atoms with Gasteiger partial charge in [-0.3, -0.25) is 9.78 Å². The molecule has 0 fully saturated rings. The molecule has 6 nitrogen and oxygen atoms in total. The lowest BCUT2D eigenvalue weighted by Crippen LogP contribution is -2.22. The third kappa shape index (κ3) is 3.66. The number of carbonyl (C=O) groups is 1. The SMILES string of the molecule is Cc1nnc2sc(C(=O)NCc3ccc(-c4cncc(F)c4)cc3)c(N)c2c1C. The Hall–Kier alpha value is -3.39. The highest BCUT2D eigenvalue weighted by atomic mass is 32.1. The molecule has 1 amide bonds. The number of aryl methyl sites for hydroxylation is 2. The fourth-order valence-corrected chi connectivity index (χ4v) is 4.07. The van der Waals surface area contributed by atoms with E-state index in [4.69, 9.17) is 5.73 Å². The molecule has 0 radical (unpaired) electrons. The normalized spacial score (nSPS) is 11.0. The Balaban J connectivity index is 1.49. The zero-order valence-electron chi connectivity index (χ0n) is 15.9. The number of hydrogen-bond acceptors (Lipinski definition) is 6. The maximum Gasteiger partial charge on any atom is 0.263 e. The molecule has 8 heteroatoms. The largest absolute Gasteiger partial charge is 0.397 e. The van der Waals surface area contributed by atoms with Crippen molar-refractivity contribution in [1.82, 2.24) is 20.5 Å². The van der Waals surface area contributed by atoms with Crippen LogP contribution in [0.5, 0.6) is 0 Å². The van der Waals surface area contributed by atoms with Gasteiger partial charge in [-0.15, -0.1) is 16.4 Å². The summed E-state index contributed by atoms with van der Waals surface area (Å²) < 4.78 is 13.3. The third-order valence-electron chi connectivity index (χ3n) is 4.79. The summed E-state index contributed by atoms with van der Waals surface area (Å²) in [6, 6.07) is 8.93. The van der Waals surface area contributed by atoms with Gasteiger partial charge in [-0.05, 0) is 36.6 Å². The molecule has 0 aliphatic carbocycles. The number of halogens is 1. The van der Waals surface area contributed by atoms with Gasteiger partial charge in [-0.25, -0.2) is 4.39 Å². The summed E-state index contributed by atoms with van der Waals surface area (Å²) in [5.41, 5.74) is 10.9. The molecule has 29 heavy (non-hydrogen) atoms. The number of nitrogen functional groups attached to an aromatic ring is 1. The number of pyridine rings is 1. The Morgan fingerprint density at radius 3 is 2.62 bits per heavy atom. The van der Waals surface area contributed by atoms with Crippen LogP contribution < -0.4 is 11.1 Å². The first-order chi connectivity index (χ1) is 13.9. The van der Waals surface area contributed by atoms with Gasteiger partial charge in [0.25, 0.3) is 5.91 Å². The van der Waals surface area contributed by atoms with Crippen LogP contribution in [0.4, 0.5) is 10.1 Å². The monoisotopic (exact) mass is 407 g/mol. The van der Waals surface area contributed by atoms with E-state index in [0.717, 1.165) is 27.8 Å². The van der Waals surface area contributed by atoms with Gasteiger partial charge in [0, 0.05) is 23.7 Å². The molecule has 146 valence electrons. The first-order valence-corrected chi connectivity index (χ1v) is 9.75. The van der Waals surface area contributed by atoms with E-state index in [-0.39, 0.29) is 11.7 Å². The van der Waals surface area contributed by atoms with Crippen LogP contribution in [-0.4, -0.2) is 21.1 Å². The number of benzene rings is 1. The fourth-order valence-electron chi connectivity index (χ4n) is 3.06. The van der Waals surface area contributed by atoms with E-state index in [9.17, 15) is 9.18 Å². The van der Waals surface area contributed by atoms with Crippen LogP contribution in [0.2, 0.25) is 0 Å². The lowest BCUT2D eigenvalue weighted by Gasteiger charge is -2.07. The van der Waals surface area contributed by atoms with Gasteiger partial charge in [0.15, 0.2) is 0 Å². The lowest BCUT2D eigenvalue weighted by molar-refractivity contribution is 0.0956. The Labute approximate surface area is 170 Å². The fraction of sp³-hybridized carbons (Fsp3) is 0.143. The van der Waals surface area contributed by atoms with Gasteiger partial charge in [0.05, 0.1) is 17.6 Å². The summed E-state index contributed by atoms with van der Waals surface area (Å²) in [6.07, 6.45) is 2.78. The van der Waals surface area contributed by atoms with Crippen LogP contribution in [0, 0.1) is 19.7 Å². The smallest absolute Gasteiger partial charge is 0.263 e. The maximum absolute atomic E-state index is 13.3. The quantitative estimate of drug-likeness (QED) is 0.533. The van der Waals surface area contributed by atoms with E-state index >= 15 is 0 Å². The van der Waals surface area contributed by atoms with Crippen molar-refractivity contribution in [1.29, 1.82) is 0 Å². The second-order valence-corrected chi connectivity index (χ2v) is 7.71. The van der Waals surface area contributed by atoms with E-state index in [1.807, 2.05) is 38.1 Å². The molecule has 0 saturated carbocycles. The van der Waals surface area contributed by atoms with Crippen molar-refractivity contribution >= 4 is 33.1 Å². The first kappa shape index (κ1) is 18.9. The second-order valence-electron chi connectivity index (χ2n) is 6.71. The average molecular weight is 407 g/mol. The molecule has 3 N–H and O–H groups in total. The van der Waals surface area contributed by atoms with E-state index in [1.54, 1.807) is 6.20 Å². The number of thiophene rings is 1. The molecule has 0 atom stereocenters. The van der Waals surface area contributed by atoms with Crippen molar-refractivity contribution in [2.75, 3.05) is 5.73 Å². The third-order valence-corrected chi connectivity index (χ3v) is 5.88. The van der Waals surface area contributed by atoms with Gasteiger partial charge >= 0.3 is 0 Å². The standard InChI is InChI=1S/C21H18FN5OS/c1-11-12(2)26-27-21-17(11)18(23)19(29-21)20(28)25-8-13-3-5-14(6-4-13)15-7-16(22)10-24-9-15/h3-7,9-10H,8,23H2,1-2H3,(H,25,28). The number of amides is 1. The number of rotatable bonds is 4. The highest BCUT2D eigenvalue weighted by Gasteiger charge is 2.19. The van der Waals surface area contributed by atoms with Crippen molar-refractivity contribution in [3.05, 3.63) is 70.2 Å². The molecule has 0 spiro atoms. The van der Waals surface area contributed by atoms with Gasteiger partial charge < -0.3 is 11.1 Å². The van der Waals surface area contributed by atoms with Crippen LogP contribution in [-0.2, 0) is 6.54 Å². The minimum atomic E-state index is -0.380. The Morgan fingerprint density at radius 2 is 1.90 bits per heavy atom. The van der Waals surface area contributed by atoms with E-state index in [2.05, 4.69) is 20.5 Å².